The Morgan fingerprint density at radius 2 is 1.60 bits per heavy atom. The summed E-state index contributed by atoms with van der Waals surface area (Å²) in [6.45, 7) is 2.01. The molecule has 1 amide bonds. The molecule has 1 heterocycles. The van der Waals surface area contributed by atoms with Crippen LogP contribution in [-0.2, 0) is 17.8 Å². The van der Waals surface area contributed by atoms with Crippen molar-refractivity contribution in [2.75, 3.05) is 0 Å². The smallest absolute Gasteiger partial charge is 0.244 e. The molecule has 0 radical (unpaired) electrons. The number of aryl methyl sites for hydroxylation is 1. The van der Waals surface area contributed by atoms with E-state index in [1.165, 1.54) is 4.80 Å². The van der Waals surface area contributed by atoms with Gasteiger partial charge in [0.2, 0.25) is 11.7 Å². The van der Waals surface area contributed by atoms with Gasteiger partial charge in [0.05, 0.1) is 6.04 Å². The molecule has 4 aromatic rings. The number of rotatable bonds is 7. The Labute approximate surface area is 175 Å². The molecule has 0 saturated heterocycles. The highest BCUT2D eigenvalue weighted by Crippen LogP contribution is 2.19. The van der Waals surface area contributed by atoms with Gasteiger partial charge in [-0.05, 0) is 35.2 Å². The lowest BCUT2D eigenvalue weighted by atomic mass is 9.99. The van der Waals surface area contributed by atoms with Crippen molar-refractivity contribution in [1.82, 2.24) is 25.5 Å². The molecule has 6 heteroatoms. The average molecular weight is 397 g/mol. The van der Waals surface area contributed by atoms with Gasteiger partial charge in [0.15, 0.2) is 0 Å². The van der Waals surface area contributed by atoms with Crippen molar-refractivity contribution in [1.29, 1.82) is 0 Å². The molecule has 0 fully saturated rings. The van der Waals surface area contributed by atoms with E-state index < -0.39 is 0 Å². The van der Waals surface area contributed by atoms with Gasteiger partial charge in [-0.15, -0.1) is 10.2 Å². The van der Waals surface area contributed by atoms with Crippen LogP contribution in [0.3, 0.4) is 0 Å². The summed E-state index contributed by atoms with van der Waals surface area (Å²) in [5.74, 6) is 0.360. The summed E-state index contributed by atoms with van der Waals surface area (Å²) < 4.78 is 0. The van der Waals surface area contributed by atoms with Gasteiger partial charge in [0.1, 0.15) is 6.54 Å². The third-order valence-corrected chi connectivity index (χ3v) is 4.94. The monoisotopic (exact) mass is 397 g/mol. The molecular weight excluding hydrogens is 374 g/mol. The van der Waals surface area contributed by atoms with E-state index in [2.05, 4.69) is 32.9 Å². The molecule has 30 heavy (non-hydrogen) atoms. The van der Waals surface area contributed by atoms with Gasteiger partial charge in [-0.2, -0.15) is 4.80 Å². The van der Waals surface area contributed by atoms with E-state index in [1.807, 2.05) is 79.7 Å². The molecule has 3 aromatic carbocycles. The van der Waals surface area contributed by atoms with Crippen molar-refractivity contribution in [2.24, 2.45) is 0 Å². The first kappa shape index (κ1) is 19.5. The Bertz CT molecular complexity index is 1110. The fourth-order valence-electron chi connectivity index (χ4n) is 3.40. The molecule has 1 unspecified atom stereocenters. The van der Waals surface area contributed by atoms with E-state index in [4.69, 9.17) is 0 Å². The molecule has 0 aliphatic rings. The van der Waals surface area contributed by atoms with Crippen LogP contribution >= 0.6 is 0 Å². The molecule has 0 aliphatic heterocycles. The molecule has 0 spiro atoms. The zero-order valence-corrected chi connectivity index (χ0v) is 16.8. The molecular formula is C24H23N5O. The minimum absolute atomic E-state index is 0.0109. The Balaban J connectivity index is 1.47. The number of aromatic nitrogens is 4. The molecule has 6 nitrogen and oxygen atoms in total. The van der Waals surface area contributed by atoms with E-state index in [1.54, 1.807) is 0 Å². The molecule has 1 aromatic heterocycles. The standard InChI is InChI=1S/C24H23N5O/c1-18-10-8-9-15-21(18)24-26-28-29(27-24)17-23(30)25-22(20-13-6-3-7-14-20)16-19-11-4-2-5-12-19/h2-15,22H,16-17H2,1H3,(H,25,30). The molecule has 150 valence electrons. The number of benzene rings is 3. The number of nitrogens with zero attached hydrogens (tertiary/aromatic N) is 4. The van der Waals surface area contributed by atoms with Gasteiger partial charge in [-0.1, -0.05) is 84.9 Å². The van der Waals surface area contributed by atoms with Crippen LogP contribution in [0.15, 0.2) is 84.9 Å². The van der Waals surface area contributed by atoms with E-state index in [-0.39, 0.29) is 18.5 Å². The first-order valence-corrected chi connectivity index (χ1v) is 9.91. The third-order valence-electron chi connectivity index (χ3n) is 4.94. The van der Waals surface area contributed by atoms with E-state index in [0.717, 1.165) is 22.3 Å². The zero-order chi connectivity index (χ0) is 20.8. The van der Waals surface area contributed by atoms with Crippen LogP contribution in [-0.4, -0.2) is 26.1 Å². The van der Waals surface area contributed by atoms with Crippen molar-refractivity contribution in [2.45, 2.75) is 25.9 Å². The number of carbonyl (C=O) groups excluding carboxylic acids is 1. The third kappa shape index (κ3) is 4.78. The quantitative estimate of drug-likeness (QED) is 0.515. The maximum absolute atomic E-state index is 12.8. The molecule has 1 N–H and O–H groups in total. The predicted octanol–water partition coefficient (Wildman–Crippen LogP) is 3.75. The largest absolute Gasteiger partial charge is 0.347 e. The van der Waals surface area contributed by atoms with Gasteiger partial charge >= 0.3 is 0 Å². The summed E-state index contributed by atoms with van der Waals surface area (Å²) in [5.41, 5.74) is 4.19. The van der Waals surface area contributed by atoms with Gasteiger partial charge in [-0.25, -0.2) is 0 Å². The van der Waals surface area contributed by atoms with Crippen LogP contribution in [0, 0.1) is 6.92 Å². The maximum Gasteiger partial charge on any atom is 0.244 e. The van der Waals surface area contributed by atoms with Crippen LogP contribution in [0.5, 0.6) is 0 Å². The van der Waals surface area contributed by atoms with Crippen LogP contribution in [0.4, 0.5) is 0 Å². The lowest BCUT2D eigenvalue weighted by molar-refractivity contribution is -0.122. The number of tetrazole rings is 1. The van der Waals surface area contributed by atoms with E-state index >= 15 is 0 Å². The Morgan fingerprint density at radius 3 is 2.33 bits per heavy atom. The molecule has 0 saturated carbocycles. The highest BCUT2D eigenvalue weighted by Gasteiger charge is 2.17. The second-order valence-electron chi connectivity index (χ2n) is 7.18. The Morgan fingerprint density at radius 1 is 0.933 bits per heavy atom. The first-order chi connectivity index (χ1) is 14.7. The molecule has 1 atom stereocenters. The predicted molar refractivity (Wildman–Crippen MR) is 115 cm³/mol. The topological polar surface area (TPSA) is 72.7 Å². The Hall–Kier alpha value is -3.80. The van der Waals surface area contributed by atoms with Gasteiger partial charge in [0.25, 0.3) is 0 Å². The van der Waals surface area contributed by atoms with E-state index in [0.29, 0.717) is 12.2 Å². The number of nitrogens with one attached hydrogen (secondary N) is 1. The highest BCUT2D eigenvalue weighted by atomic mass is 16.2. The van der Waals surface area contributed by atoms with Crippen molar-refractivity contribution in [3.05, 3.63) is 102 Å². The lowest BCUT2D eigenvalue weighted by Gasteiger charge is -2.19. The summed E-state index contributed by atoms with van der Waals surface area (Å²) in [6.07, 6.45) is 0.704. The fourth-order valence-corrected chi connectivity index (χ4v) is 3.40. The van der Waals surface area contributed by atoms with Crippen molar-refractivity contribution in [3.63, 3.8) is 0 Å². The summed E-state index contributed by atoms with van der Waals surface area (Å²) in [7, 11) is 0. The SMILES string of the molecule is Cc1ccccc1-c1nnn(CC(=O)NC(Cc2ccccc2)c2ccccc2)n1. The van der Waals surface area contributed by atoms with Gasteiger partial charge < -0.3 is 5.32 Å². The van der Waals surface area contributed by atoms with Crippen LogP contribution in [0.2, 0.25) is 0 Å². The number of hydrogen-bond donors (Lipinski definition) is 1. The fraction of sp³-hybridized carbons (Fsp3) is 0.167. The van der Waals surface area contributed by atoms with Crippen LogP contribution in [0.25, 0.3) is 11.4 Å². The minimum Gasteiger partial charge on any atom is -0.347 e. The number of carbonyl (C=O) groups is 1. The molecule has 4 rings (SSSR count). The van der Waals surface area contributed by atoms with Crippen molar-refractivity contribution >= 4 is 5.91 Å². The summed E-state index contributed by atoms with van der Waals surface area (Å²) >= 11 is 0. The zero-order valence-electron chi connectivity index (χ0n) is 16.8. The van der Waals surface area contributed by atoms with Crippen LogP contribution < -0.4 is 5.32 Å². The second kappa shape index (κ2) is 9.13. The lowest BCUT2D eigenvalue weighted by Crippen LogP contribution is -2.33. The average Bonchev–Trinajstić information content (AvgIpc) is 3.23. The van der Waals surface area contributed by atoms with Gasteiger partial charge in [-0.3, -0.25) is 4.79 Å². The summed E-state index contributed by atoms with van der Waals surface area (Å²) in [5, 5.41) is 15.7. The molecule has 0 bridgehead atoms. The second-order valence-corrected chi connectivity index (χ2v) is 7.18. The molecule has 0 aliphatic carbocycles. The Kier molecular flexibility index (Phi) is 5.94. The van der Waals surface area contributed by atoms with E-state index in [9.17, 15) is 4.79 Å². The minimum atomic E-state index is -0.159. The maximum atomic E-state index is 12.8. The number of amides is 1. The highest BCUT2D eigenvalue weighted by molar-refractivity contribution is 5.76. The van der Waals surface area contributed by atoms with Gasteiger partial charge in [0, 0.05) is 5.56 Å². The van der Waals surface area contributed by atoms with Crippen molar-refractivity contribution < 1.29 is 4.79 Å². The number of hydrogen-bond acceptors (Lipinski definition) is 4. The van der Waals surface area contributed by atoms with Crippen molar-refractivity contribution in [3.8, 4) is 11.4 Å². The summed E-state index contributed by atoms with van der Waals surface area (Å²) in [6, 6.07) is 27.8. The normalized spacial score (nSPS) is 11.8. The van der Waals surface area contributed by atoms with Crippen LogP contribution in [0.1, 0.15) is 22.7 Å². The first-order valence-electron chi connectivity index (χ1n) is 9.91. The summed E-state index contributed by atoms with van der Waals surface area (Å²) in [4.78, 5) is 14.1.